The van der Waals surface area contributed by atoms with Crippen molar-refractivity contribution in [1.82, 2.24) is 0 Å². The summed E-state index contributed by atoms with van der Waals surface area (Å²) in [5.74, 6) is -0.00976. The number of halogens is 1. The molecule has 1 aromatic carbocycles. The van der Waals surface area contributed by atoms with Crippen LogP contribution in [0.25, 0.3) is 0 Å². The molecule has 1 rings (SSSR count). The molecule has 0 aliphatic heterocycles. The molecule has 0 saturated heterocycles. The summed E-state index contributed by atoms with van der Waals surface area (Å²) in [5.41, 5.74) is 0.0729. The van der Waals surface area contributed by atoms with Crippen molar-refractivity contribution in [3.63, 3.8) is 0 Å². The van der Waals surface area contributed by atoms with Crippen molar-refractivity contribution < 1.29 is 18.7 Å². The van der Waals surface area contributed by atoms with Crippen molar-refractivity contribution in [2.75, 3.05) is 13.2 Å². The van der Waals surface area contributed by atoms with Crippen molar-refractivity contribution in [2.24, 2.45) is 0 Å². The third-order valence-corrected chi connectivity index (χ3v) is 2.41. The summed E-state index contributed by atoms with van der Waals surface area (Å²) in [5, 5.41) is 0. The highest BCUT2D eigenvalue weighted by atomic mass is 19.1. The van der Waals surface area contributed by atoms with Crippen LogP contribution in [0.1, 0.15) is 44.0 Å². The van der Waals surface area contributed by atoms with Crippen LogP contribution in [-0.4, -0.2) is 19.0 Å². The first-order valence-corrected chi connectivity index (χ1v) is 6.26. The summed E-state index contributed by atoms with van der Waals surface area (Å²) in [7, 11) is 0. The molecule has 0 unspecified atom stereocenters. The van der Waals surface area contributed by atoms with Gasteiger partial charge in [0.15, 0.2) is 17.3 Å². The Balaban J connectivity index is 3.13. The highest BCUT2D eigenvalue weighted by Crippen LogP contribution is 2.31. The summed E-state index contributed by atoms with van der Waals surface area (Å²) < 4.78 is 24.5. The molecule has 0 amide bonds. The normalized spacial score (nSPS) is 10.2. The zero-order chi connectivity index (χ0) is 13.5. The average molecular weight is 254 g/mol. The van der Waals surface area contributed by atoms with E-state index in [0.717, 1.165) is 0 Å². The van der Waals surface area contributed by atoms with Gasteiger partial charge in [0, 0.05) is 12.5 Å². The lowest BCUT2D eigenvalue weighted by Gasteiger charge is -2.12. The van der Waals surface area contributed by atoms with Crippen LogP contribution in [0, 0.1) is 5.82 Å². The Labute approximate surface area is 107 Å². The molecule has 3 nitrogen and oxygen atoms in total. The van der Waals surface area contributed by atoms with Crippen molar-refractivity contribution in [1.29, 1.82) is 0 Å². The van der Waals surface area contributed by atoms with Crippen LogP contribution in [-0.2, 0) is 0 Å². The Morgan fingerprint density at radius 3 is 2.17 bits per heavy atom. The van der Waals surface area contributed by atoms with Crippen LogP contribution in [0.15, 0.2) is 12.1 Å². The van der Waals surface area contributed by atoms with Gasteiger partial charge in [-0.15, -0.1) is 0 Å². The molecule has 0 aliphatic carbocycles. The lowest BCUT2D eigenvalue weighted by Crippen LogP contribution is -2.05. The van der Waals surface area contributed by atoms with Gasteiger partial charge in [0.2, 0.25) is 0 Å². The van der Waals surface area contributed by atoms with E-state index in [0.29, 0.717) is 37.6 Å². The standard InChI is InChI=1S/C14H19FO3/c1-4-7-12(16)10-8-13(17-5-2)14(18-6-3)9-11(10)15/h8-9H,4-7H2,1-3H3. The van der Waals surface area contributed by atoms with E-state index in [2.05, 4.69) is 0 Å². The molecule has 0 radical (unpaired) electrons. The van der Waals surface area contributed by atoms with Crippen LogP contribution >= 0.6 is 0 Å². The van der Waals surface area contributed by atoms with Gasteiger partial charge in [0.25, 0.3) is 0 Å². The van der Waals surface area contributed by atoms with Gasteiger partial charge in [-0.2, -0.15) is 0 Å². The Bertz CT molecular complexity index is 416. The fourth-order valence-corrected chi connectivity index (χ4v) is 1.65. The largest absolute Gasteiger partial charge is 0.490 e. The van der Waals surface area contributed by atoms with Crippen LogP contribution in [0.5, 0.6) is 11.5 Å². The predicted molar refractivity (Wildman–Crippen MR) is 68.0 cm³/mol. The second kappa shape index (κ2) is 6.99. The second-order valence-electron chi connectivity index (χ2n) is 3.82. The summed E-state index contributed by atoms with van der Waals surface area (Å²) in [6.07, 6.45) is 1.02. The predicted octanol–water partition coefficient (Wildman–Crippen LogP) is 3.61. The molecular weight excluding hydrogens is 235 g/mol. The quantitative estimate of drug-likeness (QED) is 0.697. The van der Waals surface area contributed by atoms with Gasteiger partial charge >= 0.3 is 0 Å². The molecular formula is C14H19FO3. The lowest BCUT2D eigenvalue weighted by molar-refractivity contribution is 0.0977. The van der Waals surface area contributed by atoms with Crippen LogP contribution in [0.2, 0.25) is 0 Å². The van der Waals surface area contributed by atoms with Crippen molar-refractivity contribution in [3.8, 4) is 11.5 Å². The molecule has 4 heteroatoms. The molecule has 18 heavy (non-hydrogen) atoms. The van der Waals surface area contributed by atoms with Crippen molar-refractivity contribution in [2.45, 2.75) is 33.6 Å². The number of hydrogen-bond acceptors (Lipinski definition) is 3. The third-order valence-electron chi connectivity index (χ3n) is 2.41. The molecule has 0 fully saturated rings. The van der Waals surface area contributed by atoms with E-state index in [1.807, 2.05) is 20.8 Å². The maximum absolute atomic E-state index is 13.8. The Hall–Kier alpha value is -1.58. The monoisotopic (exact) mass is 254 g/mol. The number of benzene rings is 1. The van der Waals surface area contributed by atoms with Crippen LogP contribution in [0.3, 0.4) is 0 Å². The molecule has 0 spiro atoms. The fourth-order valence-electron chi connectivity index (χ4n) is 1.65. The van der Waals surface area contributed by atoms with E-state index >= 15 is 0 Å². The summed E-state index contributed by atoms with van der Waals surface area (Å²) >= 11 is 0. The fraction of sp³-hybridized carbons (Fsp3) is 0.500. The minimum absolute atomic E-state index is 0.0729. The highest BCUT2D eigenvalue weighted by molar-refractivity contribution is 5.96. The Morgan fingerprint density at radius 1 is 1.11 bits per heavy atom. The van der Waals surface area contributed by atoms with Crippen molar-refractivity contribution >= 4 is 5.78 Å². The van der Waals surface area contributed by atoms with Gasteiger partial charge < -0.3 is 9.47 Å². The summed E-state index contributed by atoms with van der Waals surface area (Å²) in [4.78, 5) is 11.8. The number of ketones is 1. The molecule has 0 saturated carbocycles. The van der Waals surface area contributed by atoms with Crippen molar-refractivity contribution in [3.05, 3.63) is 23.5 Å². The second-order valence-corrected chi connectivity index (χ2v) is 3.82. The Kier molecular flexibility index (Phi) is 5.62. The average Bonchev–Trinajstić information content (AvgIpc) is 2.33. The zero-order valence-corrected chi connectivity index (χ0v) is 11.1. The lowest BCUT2D eigenvalue weighted by atomic mass is 10.1. The molecule has 0 aromatic heterocycles. The number of ether oxygens (including phenoxy) is 2. The minimum atomic E-state index is -0.555. The minimum Gasteiger partial charge on any atom is -0.490 e. The maximum atomic E-state index is 13.8. The molecule has 0 aliphatic rings. The van der Waals surface area contributed by atoms with E-state index in [4.69, 9.17) is 9.47 Å². The number of hydrogen-bond donors (Lipinski definition) is 0. The summed E-state index contributed by atoms with van der Waals surface area (Å²) in [6.45, 7) is 6.37. The van der Waals surface area contributed by atoms with Gasteiger partial charge in [-0.05, 0) is 26.3 Å². The molecule has 1 aromatic rings. The molecule has 0 bridgehead atoms. The topological polar surface area (TPSA) is 35.5 Å². The number of rotatable bonds is 7. The number of Topliss-reactive ketones (excluding diaryl/α,β-unsaturated/α-hetero) is 1. The molecule has 100 valence electrons. The van der Waals surface area contributed by atoms with E-state index in [1.165, 1.54) is 12.1 Å². The first-order chi connectivity index (χ1) is 8.63. The molecule has 0 N–H and O–H groups in total. The molecule has 0 heterocycles. The SMILES string of the molecule is CCCC(=O)c1cc(OCC)c(OCC)cc1F. The highest BCUT2D eigenvalue weighted by Gasteiger charge is 2.16. The van der Waals surface area contributed by atoms with Gasteiger partial charge in [-0.3, -0.25) is 4.79 Å². The van der Waals surface area contributed by atoms with Gasteiger partial charge in [-0.25, -0.2) is 4.39 Å². The van der Waals surface area contributed by atoms with Crippen LogP contribution in [0.4, 0.5) is 4.39 Å². The first kappa shape index (κ1) is 14.5. The van der Waals surface area contributed by atoms with Crippen LogP contribution < -0.4 is 9.47 Å². The first-order valence-electron chi connectivity index (χ1n) is 6.26. The number of carbonyl (C=O) groups is 1. The molecule has 0 atom stereocenters. The Morgan fingerprint density at radius 2 is 1.67 bits per heavy atom. The zero-order valence-electron chi connectivity index (χ0n) is 11.1. The summed E-state index contributed by atoms with van der Waals surface area (Å²) in [6, 6.07) is 2.65. The van der Waals surface area contributed by atoms with Gasteiger partial charge in [0.1, 0.15) is 5.82 Å². The van der Waals surface area contributed by atoms with Gasteiger partial charge in [-0.1, -0.05) is 6.92 Å². The maximum Gasteiger partial charge on any atom is 0.165 e. The number of carbonyl (C=O) groups excluding carboxylic acids is 1. The van der Waals surface area contributed by atoms with E-state index in [1.54, 1.807) is 0 Å². The van der Waals surface area contributed by atoms with E-state index < -0.39 is 5.82 Å². The third kappa shape index (κ3) is 3.45. The van der Waals surface area contributed by atoms with E-state index in [-0.39, 0.29) is 11.3 Å². The van der Waals surface area contributed by atoms with E-state index in [9.17, 15) is 9.18 Å². The smallest absolute Gasteiger partial charge is 0.165 e. The van der Waals surface area contributed by atoms with Gasteiger partial charge in [0.05, 0.1) is 18.8 Å².